The minimum Gasteiger partial charge on any atom is -0.317 e. The van der Waals surface area contributed by atoms with Gasteiger partial charge in [-0.1, -0.05) is 27.5 Å². The van der Waals surface area contributed by atoms with Crippen molar-refractivity contribution in [3.8, 4) is 0 Å². The van der Waals surface area contributed by atoms with Crippen LogP contribution in [-0.4, -0.2) is 27.5 Å². The predicted octanol–water partition coefficient (Wildman–Crippen LogP) is 2.91. The fourth-order valence-corrected chi connectivity index (χ4v) is 4.82. The van der Waals surface area contributed by atoms with Gasteiger partial charge in [-0.05, 0) is 50.9 Å². The van der Waals surface area contributed by atoms with E-state index in [0.29, 0.717) is 6.04 Å². The third-order valence-corrected chi connectivity index (χ3v) is 6.14. The fraction of sp³-hybridized carbons (Fsp3) is 0.538. The Balaban J connectivity index is 2.08. The third-order valence-electron chi connectivity index (χ3n) is 3.64. The van der Waals surface area contributed by atoms with E-state index in [9.17, 15) is 8.42 Å². The highest BCUT2D eigenvalue weighted by Gasteiger charge is 2.26. The van der Waals surface area contributed by atoms with Gasteiger partial charge in [0.05, 0.1) is 5.02 Å². The molecule has 0 saturated heterocycles. The topological polar surface area (TPSA) is 58.2 Å². The van der Waals surface area contributed by atoms with E-state index in [1.807, 2.05) is 7.05 Å². The molecule has 20 heavy (non-hydrogen) atoms. The quantitative estimate of drug-likeness (QED) is 0.843. The molecule has 1 aliphatic rings. The average molecular weight is 382 g/mol. The largest absolute Gasteiger partial charge is 0.317 e. The summed E-state index contributed by atoms with van der Waals surface area (Å²) in [5, 5.41) is 3.46. The standard InChI is InChI=1S/C13H18BrClN2O2S/c1-16-10-3-5-11(6-4-10)17-20(18,19)13-7-2-9(14)8-12(13)15/h2,7-8,10-11,16-17H,3-6H2,1H3. The smallest absolute Gasteiger partial charge is 0.242 e. The van der Waals surface area contributed by atoms with Gasteiger partial charge in [-0.15, -0.1) is 0 Å². The van der Waals surface area contributed by atoms with Gasteiger partial charge in [0.1, 0.15) is 4.90 Å². The van der Waals surface area contributed by atoms with Gasteiger partial charge in [0, 0.05) is 16.6 Å². The molecule has 0 heterocycles. The van der Waals surface area contributed by atoms with Crippen LogP contribution in [0, 0.1) is 0 Å². The molecule has 0 amide bonds. The molecule has 112 valence electrons. The minimum absolute atomic E-state index is 0.00989. The Morgan fingerprint density at radius 1 is 1.20 bits per heavy atom. The molecule has 0 spiro atoms. The van der Waals surface area contributed by atoms with Crippen LogP contribution in [0.5, 0.6) is 0 Å². The van der Waals surface area contributed by atoms with Gasteiger partial charge in [0.2, 0.25) is 10.0 Å². The van der Waals surface area contributed by atoms with Crippen molar-refractivity contribution in [1.82, 2.24) is 10.0 Å². The Labute approximate surface area is 133 Å². The zero-order valence-corrected chi connectivity index (χ0v) is 14.4. The zero-order chi connectivity index (χ0) is 14.8. The number of halogens is 2. The molecule has 0 radical (unpaired) electrons. The molecule has 1 fully saturated rings. The Morgan fingerprint density at radius 3 is 2.35 bits per heavy atom. The molecular formula is C13H18BrClN2O2S. The maximum Gasteiger partial charge on any atom is 0.242 e. The number of rotatable bonds is 4. The normalized spacial score (nSPS) is 23.8. The summed E-state index contributed by atoms with van der Waals surface area (Å²) in [6, 6.07) is 5.27. The van der Waals surface area contributed by atoms with E-state index in [1.54, 1.807) is 12.1 Å². The van der Waals surface area contributed by atoms with E-state index in [-0.39, 0.29) is 16.0 Å². The second-order valence-electron chi connectivity index (χ2n) is 5.03. The molecule has 0 bridgehead atoms. The van der Waals surface area contributed by atoms with Crippen LogP contribution in [0.2, 0.25) is 5.02 Å². The lowest BCUT2D eigenvalue weighted by molar-refractivity contribution is 0.343. The minimum atomic E-state index is -3.55. The molecule has 0 aliphatic heterocycles. The summed E-state index contributed by atoms with van der Waals surface area (Å²) >= 11 is 9.29. The number of benzene rings is 1. The van der Waals surface area contributed by atoms with Crippen LogP contribution in [-0.2, 0) is 10.0 Å². The predicted molar refractivity (Wildman–Crippen MR) is 84.6 cm³/mol. The van der Waals surface area contributed by atoms with Crippen LogP contribution in [0.4, 0.5) is 0 Å². The summed E-state index contributed by atoms with van der Waals surface area (Å²) in [5.74, 6) is 0. The highest BCUT2D eigenvalue weighted by atomic mass is 79.9. The third kappa shape index (κ3) is 3.95. The molecule has 2 rings (SSSR count). The number of hydrogen-bond acceptors (Lipinski definition) is 3. The van der Waals surface area contributed by atoms with E-state index >= 15 is 0 Å². The summed E-state index contributed by atoms with van der Waals surface area (Å²) in [7, 11) is -1.61. The van der Waals surface area contributed by atoms with Gasteiger partial charge in [0.15, 0.2) is 0 Å². The van der Waals surface area contributed by atoms with Crippen molar-refractivity contribution < 1.29 is 8.42 Å². The van der Waals surface area contributed by atoms with Crippen molar-refractivity contribution in [2.45, 2.75) is 42.7 Å². The van der Waals surface area contributed by atoms with Crippen molar-refractivity contribution in [2.75, 3.05) is 7.05 Å². The Kier molecular flexibility index (Phi) is 5.48. The molecule has 0 aromatic heterocycles. The molecule has 0 atom stereocenters. The molecule has 1 aliphatic carbocycles. The lowest BCUT2D eigenvalue weighted by Gasteiger charge is -2.28. The van der Waals surface area contributed by atoms with Crippen LogP contribution in [0.25, 0.3) is 0 Å². The van der Waals surface area contributed by atoms with Crippen LogP contribution >= 0.6 is 27.5 Å². The maximum absolute atomic E-state index is 12.4. The van der Waals surface area contributed by atoms with Crippen LogP contribution < -0.4 is 10.0 Å². The zero-order valence-electron chi connectivity index (χ0n) is 11.2. The molecular weight excluding hydrogens is 364 g/mol. The van der Waals surface area contributed by atoms with Crippen molar-refractivity contribution >= 4 is 37.6 Å². The van der Waals surface area contributed by atoms with Crippen molar-refractivity contribution in [3.63, 3.8) is 0 Å². The lowest BCUT2D eigenvalue weighted by Crippen LogP contribution is -2.41. The van der Waals surface area contributed by atoms with Crippen molar-refractivity contribution in [1.29, 1.82) is 0 Å². The molecule has 1 aromatic carbocycles. The highest BCUT2D eigenvalue weighted by molar-refractivity contribution is 9.10. The second kappa shape index (κ2) is 6.75. The lowest BCUT2D eigenvalue weighted by atomic mass is 9.92. The summed E-state index contributed by atoms with van der Waals surface area (Å²) < 4.78 is 28.2. The molecule has 0 unspecified atom stereocenters. The van der Waals surface area contributed by atoms with E-state index in [4.69, 9.17) is 11.6 Å². The number of nitrogens with one attached hydrogen (secondary N) is 2. The molecule has 1 saturated carbocycles. The Bertz CT molecular complexity index is 572. The van der Waals surface area contributed by atoms with Gasteiger partial charge in [-0.2, -0.15) is 0 Å². The van der Waals surface area contributed by atoms with E-state index in [2.05, 4.69) is 26.0 Å². The first-order valence-electron chi connectivity index (χ1n) is 6.57. The summed E-state index contributed by atoms with van der Waals surface area (Å²) in [6.45, 7) is 0. The van der Waals surface area contributed by atoms with Crippen molar-refractivity contribution in [2.24, 2.45) is 0 Å². The van der Waals surface area contributed by atoms with E-state index in [0.717, 1.165) is 30.2 Å². The Hall–Kier alpha value is -0.140. The van der Waals surface area contributed by atoms with E-state index < -0.39 is 10.0 Å². The fourth-order valence-electron chi connectivity index (χ4n) is 2.48. The summed E-state index contributed by atoms with van der Waals surface area (Å²) in [5.41, 5.74) is 0. The maximum atomic E-state index is 12.4. The highest BCUT2D eigenvalue weighted by Crippen LogP contribution is 2.26. The first-order valence-corrected chi connectivity index (χ1v) is 9.22. The average Bonchev–Trinajstić information content (AvgIpc) is 2.38. The SMILES string of the molecule is CNC1CCC(NS(=O)(=O)c2ccc(Br)cc2Cl)CC1. The first kappa shape index (κ1) is 16.2. The number of hydrogen-bond donors (Lipinski definition) is 2. The van der Waals surface area contributed by atoms with Gasteiger partial charge >= 0.3 is 0 Å². The first-order chi connectivity index (χ1) is 9.42. The van der Waals surface area contributed by atoms with Crippen LogP contribution in [0.15, 0.2) is 27.6 Å². The molecule has 4 nitrogen and oxygen atoms in total. The second-order valence-corrected chi connectivity index (χ2v) is 8.04. The number of sulfonamides is 1. The van der Waals surface area contributed by atoms with Crippen LogP contribution in [0.1, 0.15) is 25.7 Å². The molecule has 7 heteroatoms. The van der Waals surface area contributed by atoms with Gasteiger partial charge in [0.25, 0.3) is 0 Å². The molecule has 1 aromatic rings. The van der Waals surface area contributed by atoms with Gasteiger partial charge in [-0.25, -0.2) is 13.1 Å². The van der Waals surface area contributed by atoms with Crippen molar-refractivity contribution in [3.05, 3.63) is 27.7 Å². The van der Waals surface area contributed by atoms with E-state index in [1.165, 1.54) is 6.07 Å². The summed E-state index contributed by atoms with van der Waals surface area (Å²) in [4.78, 5) is 0.137. The van der Waals surface area contributed by atoms with Gasteiger partial charge in [-0.3, -0.25) is 0 Å². The molecule has 2 N–H and O–H groups in total. The van der Waals surface area contributed by atoms with Crippen LogP contribution in [0.3, 0.4) is 0 Å². The Morgan fingerprint density at radius 2 is 1.80 bits per heavy atom. The monoisotopic (exact) mass is 380 g/mol. The van der Waals surface area contributed by atoms with Gasteiger partial charge < -0.3 is 5.32 Å². The summed E-state index contributed by atoms with van der Waals surface area (Å²) in [6.07, 6.45) is 3.66.